The van der Waals surface area contributed by atoms with E-state index in [1.54, 1.807) is 0 Å². The van der Waals surface area contributed by atoms with Gasteiger partial charge in [0, 0.05) is 19.6 Å². The molecule has 0 N–H and O–H groups in total. The highest BCUT2D eigenvalue weighted by Crippen LogP contribution is 2.57. The molecule has 1 aromatic rings. The van der Waals surface area contributed by atoms with E-state index in [0.29, 0.717) is 5.92 Å². The molecule has 2 nitrogen and oxygen atoms in total. The number of fused-ring (bicyclic) bond motifs is 1. The molecule has 1 heterocycles. The molecule has 1 aliphatic carbocycles. The lowest BCUT2D eigenvalue weighted by molar-refractivity contribution is 0.192. The molecule has 0 aromatic heterocycles. The zero-order valence-electron chi connectivity index (χ0n) is 9.39. The molecule has 0 amide bonds. The minimum atomic E-state index is 0.0766. The fourth-order valence-corrected chi connectivity index (χ4v) is 2.86. The Balaban J connectivity index is 1.62. The van der Waals surface area contributed by atoms with Gasteiger partial charge in [0.1, 0.15) is 0 Å². The molecule has 1 saturated heterocycles. The van der Waals surface area contributed by atoms with Gasteiger partial charge in [0.15, 0.2) is 0 Å². The Labute approximate surface area is 96.5 Å². The van der Waals surface area contributed by atoms with Crippen LogP contribution in [-0.4, -0.2) is 18.0 Å². The lowest BCUT2D eigenvalue weighted by Crippen LogP contribution is -2.33. The van der Waals surface area contributed by atoms with Gasteiger partial charge < -0.3 is 0 Å². The molecule has 2 fully saturated rings. The summed E-state index contributed by atoms with van der Waals surface area (Å²) in [4.78, 5) is 2.49. The molecule has 2 heteroatoms. The van der Waals surface area contributed by atoms with Gasteiger partial charge in [-0.25, -0.2) is 0 Å². The van der Waals surface area contributed by atoms with E-state index in [0.717, 1.165) is 32.5 Å². The molecule has 1 aromatic carbocycles. The molecule has 1 saturated carbocycles. The molecule has 3 rings (SSSR count). The summed E-state index contributed by atoms with van der Waals surface area (Å²) in [5, 5.41) is 9.10. The minimum Gasteiger partial charge on any atom is -0.299 e. The molecule has 0 bridgehead atoms. The van der Waals surface area contributed by atoms with E-state index in [2.05, 4.69) is 41.3 Å². The lowest BCUT2D eigenvalue weighted by Gasteiger charge is -2.28. The third kappa shape index (κ3) is 1.62. The number of likely N-dealkylation sites (tertiary alicyclic amines) is 1. The number of hydrogen-bond acceptors (Lipinski definition) is 2. The predicted octanol–water partition coefficient (Wildman–Crippen LogP) is 2.42. The first-order chi connectivity index (χ1) is 7.82. The second kappa shape index (κ2) is 3.61. The van der Waals surface area contributed by atoms with Crippen LogP contribution >= 0.6 is 0 Å². The van der Waals surface area contributed by atoms with Crippen LogP contribution in [0.4, 0.5) is 0 Å². The number of benzene rings is 1. The van der Waals surface area contributed by atoms with E-state index in [9.17, 15) is 0 Å². The maximum atomic E-state index is 9.10. The Hall–Kier alpha value is -1.33. The molecule has 2 atom stereocenters. The van der Waals surface area contributed by atoms with Crippen molar-refractivity contribution in [3.63, 3.8) is 0 Å². The average Bonchev–Trinajstić information content (AvgIpc) is 3.05. The van der Waals surface area contributed by atoms with Gasteiger partial charge in [0.25, 0.3) is 0 Å². The smallest absolute Gasteiger partial charge is 0.0693 e. The molecule has 2 unspecified atom stereocenters. The highest BCUT2D eigenvalue weighted by atomic mass is 15.1. The average molecular weight is 212 g/mol. The van der Waals surface area contributed by atoms with E-state index in [1.165, 1.54) is 5.56 Å². The largest absolute Gasteiger partial charge is 0.299 e. The first kappa shape index (κ1) is 9.86. The van der Waals surface area contributed by atoms with Crippen molar-refractivity contribution in [2.45, 2.75) is 19.4 Å². The molecule has 2 aliphatic rings. The van der Waals surface area contributed by atoms with Gasteiger partial charge in [-0.2, -0.15) is 5.26 Å². The van der Waals surface area contributed by atoms with Crippen LogP contribution in [0.3, 0.4) is 0 Å². The van der Waals surface area contributed by atoms with E-state index in [1.807, 2.05) is 0 Å². The van der Waals surface area contributed by atoms with Crippen molar-refractivity contribution in [1.29, 1.82) is 5.26 Å². The molecule has 0 radical (unpaired) electrons. The van der Waals surface area contributed by atoms with Crippen LogP contribution in [0.1, 0.15) is 18.4 Å². The summed E-state index contributed by atoms with van der Waals surface area (Å²) in [5.41, 5.74) is 1.46. The molecule has 82 valence electrons. The Bertz CT molecular complexity index is 420. The first-order valence-electron chi connectivity index (χ1n) is 6.00. The topological polar surface area (TPSA) is 27.0 Å². The van der Waals surface area contributed by atoms with Crippen molar-refractivity contribution >= 4 is 0 Å². The second-order valence-electron chi connectivity index (χ2n) is 5.14. The Morgan fingerprint density at radius 3 is 2.88 bits per heavy atom. The van der Waals surface area contributed by atoms with Gasteiger partial charge in [0.2, 0.25) is 0 Å². The predicted molar refractivity (Wildman–Crippen MR) is 62.5 cm³/mol. The molecule has 1 aliphatic heterocycles. The summed E-state index contributed by atoms with van der Waals surface area (Å²) >= 11 is 0. The van der Waals surface area contributed by atoms with Crippen LogP contribution in [-0.2, 0) is 6.54 Å². The zero-order chi connectivity index (χ0) is 11.0. The number of hydrogen-bond donors (Lipinski definition) is 0. The van der Waals surface area contributed by atoms with Crippen molar-refractivity contribution in [2.75, 3.05) is 13.1 Å². The quantitative estimate of drug-likeness (QED) is 0.752. The van der Waals surface area contributed by atoms with Gasteiger partial charge in [-0.1, -0.05) is 30.3 Å². The molecule has 16 heavy (non-hydrogen) atoms. The second-order valence-corrected chi connectivity index (χ2v) is 5.14. The van der Waals surface area contributed by atoms with Crippen molar-refractivity contribution in [2.24, 2.45) is 11.3 Å². The summed E-state index contributed by atoms with van der Waals surface area (Å²) in [6.07, 6.45) is 2.20. The summed E-state index contributed by atoms with van der Waals surface area (Å²) in [7, 11) is 0. The number of nitriles is 1. The zero-order valence-corrected chi connectivity index (χ0v) is 9.39. The number of nitrogens with zero attached hydrogens (tertiary/aromatic N) is 2. The molecule has 0 spiro atoms. The third-order valence-electron chi connectivity index (χ3n) is 4.06. The Morgan fingerprint density at radius 1 is 1.38 bits per heavy atom. The van der Waals surface area contributed by atoms with E-state index >= 15 is 0 Å². The standard InChI is InChI=1S/C14H16N2/c15-11-14-6-7-16(10-13(14)8-14)9-12-4-2-1-3-5-12/h1-5,13H,6-10H2. The number of rotatable bonds is 2. The SMILES string of the molecule is N#CC12CCN(Cc3ccccc3)CC1C2. The summed E-state index contributed by atoms with van der Waals surface area (Å²) < 4.78 is 0. The minimum absolute atomic E-state index is 0.0766. The normalized spacial score (nSPS) is 32.8. The van der Waals surface area contributed by atoms with Crippen LogP contribution in [0.2, 0.25) is 0 Å². The van der Waals surface area contributed by atoms with Gasteiger partial charge in [-0.15, -0.1) is 0 Å². The van der Waals surface area contributed by atoms with Crippen LogP contribution in [0.5, 0.6) is 0 Å². The third-order valence-corrected chi connectivity index (χ3v) is 4.06. The highest BCUT2D eigenvalue weighted by Gasteiger charge is 2.57. The van der Waals surface area contributed by atoms with Gasteiger partial charge in [-0.3, -0.25) is 4.90 Å². The van der Waals surface area contributed by atoms with E-state index in [-0.39, 0.29) is 5.41 Å². The lowest BCUT2D eigenvalue weighted by atomic mass is 9.97. The van der Waals surface area contributed by atoms with Crippen LogP contribution in [0.25, 0.3) is 0 Å². The number of piperidine rings is 1. The molecular formula is C14H16N2. The monoisotopic (exact) mass is 212 g/mol. The van der Waals surface area contributed by atoms with Crippen LogP contribution in [0, 0.1) is 22.7 Å². The van der Waals surface area contributed by atoms with Crippen molar-refractivity contribution in [3.8, 4) is 6.07 Å². The fraction of sp³-hybridized carbons (Fsp3) is 0.500. The summed E-state index contributed by atoms with van der Waals surface area (Å²) in [6, 6.07) is 13.1. The highest BCUT2D eigenvalue weighted by molar-refractivity contribution is 5.20. The van der Waals surface area contributed by atoms with Crippen molar-refractivity contribution in [1.82, 2.24) is 4.90 Å². The summed E-state index contributed by atoms with van der Waals surface area (Å²) in [5.74, 6) is 0.648. The Morgan fingerprint density at radius 2 is 2.19 bits per heavy atom. The summed E-state index contributed by atoms with van der Waals surface area (Å²) in [6.45, 7) is 3.24. The fourth-order valence-electron chi connectivity index (χ4n) is 2.86. The Kier molecular flexibility index (Phi) is 2.22. The van der Waals surface area contributed by atoms with Crippen LogP contribution < -0.4 is 0 Å². The van der Waals surface area contributed by atoms with E-state index in [4.69, 9.17) is 5.26 Å². The van der Waals surface area contributed by atoms with Gasteiger partial charge in [-0.05, 0) is 24.3 Å². The molecular weight excluding hydrogens is 196 g/mol. The van der Waals surface area contributed by atoms with Crippen LogP contribution in [0.15, 0.2) is 30.3 Å². The van der Waals surface area contributed by atoms with Crippen molar-refractivity contribution < 1.29 is 0 Å². The van der Waals surface area contributed by atoms with E-state index < -0.39 is 0 Å². The van der Waals surface area contributed by atoms with Crippen molar-refractivity contribution in [3.05, 3.63) is 35.9 Å². The first-order valence-corrected chi connectivity index (χ1v) is 6.00. The van der Waals surface area contributed by atoms with Gasteiger partial charge >= 0.3 is 0 Å². The van der Waals surface area contributed by atoms with Gasteiger partial charge in [0.05, 0.1) is 11.5 Å². The maximum absolute atomic E-state index is 9.10. The maximum Gasteiger partial charge on any atom is 0.0693 e.